The quantitative estimate of drug-likeness (QED) is 0.811. The third-order valence-electron chi connectivity index (χ3n) is 4.45. The number of hydrogen-bond donors (Lipinski definition) is 1. The van der Waals surface area contributed by atoms with Crippen molar-refractivity contribution in [1.82, 2.24) is 10.3 Å². The SMILES string of the molecule is CC(C)(C)OC(=O)N[C@@H]1Cc2ccncc2N(Cc2cccc(C(F)(F)F)c2)C1=O. The zero-order valence-electron chi connectivity index (χ0n) is 16.8. The molecule has 1 aliphatic heterocycles. The summed E-state index contributed by atoms with van der Waals surface area (Å²) in [5.74, 6) is -0.446. The van der Waals surface area contributed by atoms with Crippen molar-refractivity contribution in [1.29, 1.82) is 0 Å². The van der Waals surface area contributed by atoms with Gasteiger partial charge in [-0.15, -0.1) is 0 Å². The van der Waals surface area contributed by atoms with Crippen molar-refractivity contribution >= 4 is 17.7 Å². The number of amides is 2. The van der Waals surface area contributed by atoms with Crippen LogP contribution in [0.3, 0.4) is 0 Å². The summed E-state index contributed by atoms with van der Waals surface area (Å²) < 4.78 is 44.4. The standard InChI is InChI=1S/C21H22F3N3O3/c1-20(2,3)30-19(29)26-16-10-14-7-8-25-11-17(14)27(18(16)28)12-13-5-4-6-15(9-13)21(22,23)24/h4-9,11,16H,10,12H2,1-3H3,(H,26,29)/t16-/m1/s1. The molecule has 0 fully saturated rings. The van der Waals surface area contributed by atoms with E-state index in [-0.39, 0.29) is 13.0 Å². The summed E-state index contributed by atoms with van der Waals surface area (Å²) in [6.07, 6.45) is -1.94. The van der Waals surface area contributed by atoms with Crippen LogP contribution in [0.1, 0.15) is 37.5 Å². The Morgan fingerprint density at radius 2 is 2.00 bits per heavy atom. The van der Waals surface area contributed by atoms with Crippen LogP contribution in [0.15, 0.2) is 42.7 Å². The second-order valence-electron chi connectivity index (χ2n) is 8.03. The molecule has 0 radical (unpaired) electrons. The Morgan fingerprint density at radius 1 is 1.27 bits per heavy atom. The Hall–Kier alpha value is -3.10. The van der Waals surface area contributed by atoms with Gasteiger partial charge in [0.2, 0.25) is 5.91 Å². The van der Waals surface area contributed by atoms with Gasteiger partial charge in [0.15, 0.2) is 0 Å². The zero-order chi connectivity index (χ0) is 22.1. The Morgan fingerprint density at radius 3 is 2.67 bits per heavy atom. The van der Waals surface area contributed by atoms with Crippen LogP contribution in [0, 0.1) is 0 Å². The fourth-order valence-corrected chi connectivity index (χ4v) is 3.20. The normalized spacial score (nSPS) is 16.8. The van der Waals surface area contributed by atoms with Gasteiger partial charge in [-0.2, -0.15) is 13.2 Å². The molecule has 0 unspecified atom stereocenters. The Balaban J connectivity index is 1.87. The molecule has 0 saturated heterocycles. The number of alkyl carbamates (subject to hydrolysis) is 1. The molecule has 3 rings (SSSR count). The predicted octanol–water partition coefficient (Wildman–Crippen LogP) is 4.08. The van der Waals surface area contributed by atoms with Gasteiger partial charge in [-0.1, -0.05) is 12.1 Å². The van der Waals surface area contributed by atoms with Crippen LogP contribution in [-0.2, 0) is 28.7 Å². The van der Waals surface area contributed by atoms with Crippen molar-refractivity contribution in [2.75, 3.05) is 4.90 Å². The fraction of sp³-hybridized carbons (Fsp3) is 0.381. The Kier molecular flexibility index (Phi) is 5.74. The first-order valence-corrected chi connectivity index (χ1v) is 9.34. The minimum Gasteiger partial charge on any atom is -0.444 e. The highest BCUT2D eigenvalue weighted by Gasteiger charge is 2.36. The molecule has 0 spiro atoms. The molecule has 1 N–H and O–H groups in total. The van der Waals surface area contributed by atoms with E-state index in [4.69, 9.17) is 4.74 Å². The lowest BCUT2D eigenvalue weighted by molar-refractivity contribution is -0.137. The number of carbonyl (C=O) groups excluding carboxylic acids is 2. The van der Waals surface area contributed by atoms with E-state index >= 15 is 0 Å². The number of hydrogen-bond acceptors (Lipinski definition) is 4. The van der Waals surface area contributed by atoms with Crippen molar-refractivity contribution in [3.63, 3.8) is 0 Å². The van der Waals surface area contributed by atoms with Crippen molar-refractivity contribution in [3.8, 4) is 0 Å². The minimum atomic E-state index is -4.48. The third kappa shape index (κ3) is 5.08. The second kappa shape index (κ2) is 7.97. The molecule has 2 heterocycles. The number of aromatic nitrogens is 1. The largest absolute Gasteiger partial charge is 0.444 e. The summed E-state index contributed by atoms with van der Waals surface area (Å²) in [4.78, 5) is 30.6. The van der Waals surface area contributed by atoms with Crippen molar-refractivity contribution < 1.29 is 27.5 Å². The number of carbonyl (C=O) groups is 2. The number of fused-ring (bicyclic) bond motifs is 1. The van der Waals surface area contributed by atoms with Gasteiger partial charge in [-0.25, -0.2) is 4.79 Å². The number of ether oxygens (including phenoxy) is 1. The molecule has 160 valence electrons. The third-order valence-corrected chi connectivity index (χ3v) is 4.45. The predicted molar refractivity (Wildman–Crippen MR) is 104 cm³/mol. The number of nitrogens with one attached hydrogen (secondary N) is 1. The average molecular weight is 421 g/mol. The highest BCUT2D eigenvalue weighted by molar-refractivity contribution is 6.01. The second-order valence-corrected chi connectivity index (χ2v) is 8.03. The number of anilines is 1. The molecule has 1 aliphatic rings. The Labute approximate surface area is 172 Å². The first kappa shape index (κ1) is 21.6. The highest BCUT2D eigenvalue weighted by Crippen LogP contribution is 2.32. The van der Waals surface area contributed by atoms with Crippen LogP contribution in [-0.4, -0.2) is 28.6 Å². The molecule has 0 bridgehead atoms. The van der Waals surface area contributed by atoms with E-state index in [0.717, 1.165) is 17.7 Å². The first-order valence-electron chi connectivity index (χ1n) is 9.34. The average Bonchev–Trinajstić information content (AvgIpc) is 2.63. The summed E-state index contributed by atoms with van der Waals surface area (Å²) in [7, 11) is 0. The number of pyridine rings is 1. The molecular formula is C21H22F3N3O3. The molecule has 30 heavy (non-hydrogen) atoms. The van der Waals surface area contributed by atoms with E-state index in [1.165, 1.54) is 23.2 Å². The van der Waals surface area contributed by atoms with Crippen molar-refractivity contribution in [2.45, 2.75) is 51.6 Å². The molecule has 2 aromatic rings. The lowest BCUT2D eigenvalue weighted by atomic mass is 9.97. The number of nitrogens with zero attached hydrogens (tertiary/aromatic N) is 2. The van der Waals surface area contributed by atoms with Gasteiger partial charge >= 0.3 is 12.3 Å². The first-order chi connectivity index (χ1) is 13.9. The number of halogens is 3. The van der Waals surface area contributed by atoms with Gasteiger partial charge in [0.1, 0.15) is 11.6 Å². The van der Waals surface area contributed by atoms with Crippen LogP contribution in [0.2, 0.25) is 0 Å². The van der Waals surface area contributed by atoms with Crippen molar-refractivity contribution in [3.05, 3.63) is 59.4 Å². The molecular weight excluding hydrogens is 399 g/mol. The van der Waals surface area contributed by atoms with E-state index in [1.54, 1.807) is 33.0 Å². The topological polar surface area (TPSA) is 71.5 Å². The molecule has 0 aliphatic carbocycles. The van der Waals surface area contributed by atoms with Gasteiger partial charge in [-0.05, 0) is 50.1 Å². The van der Waals surface area contributed by atoms with Crippen LogP contribution >= 0.6 is 0 Å². The van der Waals surface area contributed by atoms with Gasteiger partial charge in [0.05, 0.1) is 24.0 Å². The summed E-state index contributed by atoms with van der Waals surface area (Å²) in [6.45, 7) is 5.02. The van der Waals surface area contributed by atoms with Gasteiger partial charge in [0.25, 0.3) is 0 Å². The summed E-state index contributed by atoms with van der Waals surface area (Å²) >= 11 is 0. The maximum Gasteiger partial charge on any atom is 0.416 e. The van der Waals surface area contributed by atoms with Crippen molar-refractivity contribution in [2.24, 2.45) is 0 Å². The summed E-state index contributed by atoms with van der Waals surface area (Å²) in [5.41, 5.74) is 0.0337. The zero-order valence-corrected chi connectivity index (χ0v) is 16.8. The molecule has 9 heteroatoms. The number of rotatable bonds is 3. The van der Waals surface area contributed by atoms with Crippen LogP contribution in [0.25, 0.3) is 0 Å². The van der Waals surface area contributed by atoms with Crippen LogP contribution in [0.4, 0.5) is 23.7 Å². The molecule has 1 aromatic carbocycles. The molecule has 1 atom stereocenters. The Bertz CT molecular complexity index is 954. The minimum absolute atomic E-state index is 0.0893. The van der Waals surface area contributed by atoms with Gasteiger partial charge in [0, 0.05) is 12.6 Å². The summed E-state index contributed by atoms with van der Waals surface area (Å²) in [5, 5.41) is 2.56. The maximum absolute atomic E-state index is 13.1. The van der Waals surface area contributed by atoms with Crippen LogP contribution < -0.4 is 10.2 Å². The lowest BCUT2D eigenvalue weighted by Crippen LogP contribution is -2.53. The van der Waals surface area contributed by atoms with Gasteiger partial charge in [-0.3, -0.25) is 9.78 Å². The molecule has 2 amide bonds. The lowest BCUT2D eigenvalue weighted by Gasteiger charge is -2.34. The highest BCUT2D eigenvalue weighted by atomic mass is 19.4. The van der Waals surface area contributed by atoms with E-state index in [1.807, 2.05) is 0 Å². The van der Waals surface area contributed by atoms with E-state index in [0.29, 0.717) is 11.3 Å². The smallest absolute Gasteiger partial charge is 0.416 e. The van der Waals surface area contributed by atoms with E-state index < -0.39 is 35.4 Å². The molecule has 0 saturated carbocycles. The fourth-order valence-electron chi connectivity index (χ4n) is 3.20. The number of alkyl halides is 3. The monoisotopic (exact) mass is 421 g/mol. The van der Waals surface area contributed by atoms with E-state index in [2.05, 4.69) is 10.3 Å². The van der Waals surface area contributed by atoms with Gasteiger partial charge < -0.3 is 15.0 Å². The summed E-state index contributed by atoms with van der Waals surface area (Å²) in [6, 6.07) is 5.61. The maximum atomic E-state index is 13.1. The van der Waals surface area contributed by atoms with Crippen LogP contribution in [0.5, 0.6) is 0 Å². The molecule has 6 nitrogen and oxygen atoms in total. The van der Waals surface area contributed by atoms with E-state index in [9.17, 15) is 22.8 Å². The number of benzene rings is 1. The molecule has 1 aromatic heterocycles.